The molecule has 17 heavy (non-hydrogen) atoms. The van der Waals surface area contributed by atoms with Gasteiger partial charge in [0, 0.05) is 12.0 Å². The van der Waals surface area contributed by atoms with Crippen molar-refractivity contribution in [1.82, 2.24) is 0 Å². The van der Waals surface area contributed by atoms with E-state index in [1.165, 1.54) is 0 Å². The predicted octanol–water partition coefficient (Wildman–Crippen LogP) is 3.65. The fraction of sp³-hybridized carbons (Fsp3) is 0.467. The second-order valence-corrected chi connectivity index (χ2v) is 4.29. The number of benzene rings is 1. The Labute approximate surface area is 103 Å². The van der Waals surface area contributed by atoms with Crippen LogP contribution in [0.1, 0.15) is 49.9 Å². The summed E-state index contributed by atoms with van der Waals surface area (Å²) in [5.74, 6) is -0.378. The van der Waals surface area contributed by atoms with E-state index in [0.717, 1.165) is 12.8 Å². The Balaban J connectivity index is 2.84. The molecular weight excluding hydrogens is 212 g/mol. The van der Waals surface area contributed by atoms with Crippen LogP contribution in [-0.4, -0.2) is 11.6 Å². The van der Waals surface area contributed by atoms with Crippen LogP contribution < -0.4 is 0 Å². The smallest absolute Gasteiger partial charge is 0.173 e. The van der Waals surface area contributed by atoms with E-state index in [0.29, 0.717) is 18.4 Å². The van der Waals surface area contributed by atoms with Gasteiger partial charge < -0.3 is 0 Å². The van der Waals surface area contributed by atoms with E-state index < -0.39 is 5.92 Å². The molecule has 2 heteroatoms. The number of rotatable bonds is 7. The summed E-state index contributed by atoms with van der Waals surface area (Å²) in [5.41, 5.74) is 0.649. The molecule has 0 aliphatic rings. The van der Waals surface area contributed by atoms with E-state index in [2.05, 4.69) is 0 Å². The Hall–Kier alpha value is -1.44. The molecular formula is C15H20O2. The molecule has 2 nitrogen and oxygen atoms in total. The number of hydrogen-bond acceptors (Lipinski definition) is 2. The van der Waals surface area contributed by atoms with E-state index >= 15 is 0 Å². The van der Waals surface area contributed by atoms with Crippen LogP contribution in [0.25, 0.3) is 0 Å². The van der Waals surface area contributed by atoms with Crippen LogP contribution >= 0.6 is 0 Å². The van der Waals surface area contributed by atoms with Crippen molar-refractivity contribution in [2.45, 2.75) is 39.5 Å². The number of Topliss-reactive ketones (excluding diaryl/α,β-unsaturated/α-hetero) is 2. The molecule has 0 aliphatic carbocycles. The van der Waals surface area contributed by atoms with Crippen LogP contribution in [0.2, 0.25) is 0 Å². The fourth-order valence-corrected chi connectivity index (χ4v) is 1.95. The Morgan fingerprint density at radius 3 is 2.24 bits per heavy atom. The molecule has 0 spiro atoms. The Morgan fingerprint density at radius 2 is 1.71 bits per heavy atom. The molecule has 1 rings (SSSR count). The summed E-state index contributed by atoms with van der Waals surface area (Å²) in [7, 11) is 0. The minimum absolute atomic E-state index is 0.0223. The first-order valence-electron chi connectivity index (χ1n) is 6.32. The molecule has 0 aromatic heterocycles. The van der Waals surface area contributed by atoms with E-state index in [1.807, 2.05) is 32.0 Å². The minimum Gasteiger partial charge on any atom is -0.299 e. The highest BCUT2D eigenvalue weighted by molar-refractivity contribution is 6.10. The summed E-state index contributed by atoms with van der Waals surface area (Å²) < 4.78 is 0. The normalized spacial score (nSPS) is 12.1. The van der Waals surface area contributed by atoms with Crippen LogP contribution in [-0.2, 0) is 4.79 Å². The highest BCUT2D eigenvalue weighted by Gasteiger charge is 2.25. The molecule has 1 unspecified atom stereocenters. The lowest BCUT2D eigenvalue weighted by molar-refractivity contribution is -0.121. The maximum Gasteiger partial charge on any atom is 0.173 e. The third kappa shape index (κ3) is 3.81. The fourth-order valence-electron chi connectivity index (χ4n) is 1.95. The van der Waals surface area contributed by atoms with E-state index in [9.17, 15) is 9.59 Å². The van der Waals surface area contributed by atoms with Crippen molar-refractivity contribution >= 4 is 11.6 Å². The highest BCUT2D eigenvalue weighted by Crippen LogP contribution is 2.17. The van der Waals surface area contributed by atoms with Crippen LogP contribution in [0.4, 0.5) is 0 Å². The average molecular weight is 232 g/mol. The third-order valence-corrected chi connectivity index (χ3v) is 2.84. The van der Waals surface area contributed by atoms with Crippen LogP contribution in [0, 0.1) is 5.92 Å². The van der Waals surface area contributed by atoms with Gasteiger partial charge >= 0.3 is 0 Å². The van der Waals surface area contributed by atoms with Gasteiger partial charge in [0.05, 0.1) is 5.92 Å². The molecule has 0 N–H and O–H groups in total. The van der Waals surface area contributed by atoms with Crippen LogP contribution in [0.3, 0.4) is 0 Å². The van der Waals surface area contributed by atoms with Gasteiger partial charge in [-0.25, -0.2) is 0 Å². The molecule has 0 saturated carbocycles. The summed E-state index contributed by atoms with van der Waals surface area (Å²) in [5, 5.41) is 0. The molecule has 0 radical (unpaired) electrons. The van der Waals surface area contributed by atoms with Crippen LogP contribution in [0.15, 0.2) is 30.3 Å². The Kier molecular flexibility index (Phi) is 5.61. The highest BCUT2D eigenvalue weighted by atomic mass is 16.1. The van der Waals surface area contributed by atoms with Crippen molar-refractivity contribution in [3.63, 3.8) is 0 Å². The summed E-state index contributed by atoms with van der Waals surface area (Å²) in [6.07, 6.45) is 2.83. The Morgan fingerprint density at radius 1 is 1.06 bits per heavy atom. The zero-order valence-electron chi connectivity index (χ0n) is 10.6. The van der Waals surface area contributed by atoms with Crippen molar-refractivity contribution in [3.05, 3.63) is 35.9 Å². The van der Waals surface area contributed by atoms with Crippen molar-refractivity contribution < 1.29 is 9.59 Å². The van der Waals surface area contributed by atoms with Gasteiger partial charge in [-0.1, -0.05) is 50.6 Å². The maximum atomic E-state index is 12.2. The second kappa shape index (κ2) is 7.00. The number of ketones is 2. The number of carbonyl (C=O) groups excluding carboxylic acids is 2. The molecule has 92 valence electrons. The second-order valence-electron chi connectivity index (χ2n) is 4.29. The van der Waals surface area contributed by atoms with Crippen molar-refractivity contribution in [2.75, 3.05) is 0 Å². The quantitative estimate of drug-likeness (QED) is 0.531. The van der Waals surface area contributed by atoms with Crippen molar-refractivity contribution in [1.29, 1.82) is 0 Å². The molecule has 0 bridgehead atoms. The first kappa shape index (κ1) is 13.6. The largest absolute Gasteiger partial charge is 0.299 e. The summed E-state index contributed by atoms with van der Waals surface area (Å²) in [4.78, 5) is 24.2. The first-order valence-corrected chi connectivity index (χ1v) is 6.32. The van der Waals surface area contributed by atoms with Gasteiger partial charge in [0.1, 0.15) is 5.78 Å². The zero-order chi connectivity index (χ0) is 12.7. The van der Waals surface area contributed by atoms with E-state index in [4.69, 9.17) is 0 Å². The maximum absolute atomic E-state index is 12.2. The van der Waals surface area contributed by atoms with Crippen LogP contribution in [0.5, 0.6) is 0 Å². The molecule has 0 heterocycles. The lowest BCUT2D eigenvalue weighted by atomic mass is 9.88. The van der Waals surface area contributed by atoms with Gasteiger partial charge in [-0.3, -0.25) is 9.59 Å². The summed E-state index contributed by atoms with van der Waals surface area (Å²) in [6.45, 7) is 3.97. The van der Waals surface area contributed by atoms with Gasteiger partial charge in [-0.15, -0.1) is 0 Å². The van der Waals surface area contributed by atoms with Gasteiger partial charge in [-0.2, -0.15) is 0 Å². The molecule has 1 aromatic rings. The van der Waals surface area contributed by atoms with E-state index in [1.54, 1.807) is 12.1 Å². The standard InChI is InChI=1S/C15H20O2/c1-3-8-13(14(16)9-4-2)15(17)12-10-6-5-7-11-12/h5-7,10-11,13H,3-4,8-9H2,1-2H3. The number of hydrogen-bond donors (Lipinski definition) is 0. The lowest BCUT2D eigenvalue weighted by Crippen LogP contribution is -2.24. The topological polar surface area (TPSA) is 34.1 Å². The van der Waals surface area contributed by atoms with Gasteiger partial charge in [0.25, 0.3) is 0 Å². The molecule has 1 atom stereocenters. The summed E-state index contributed by atoms with van der Waals surface area (Å²) in [6, 6.07) is 9.11. The monoisotopic (exact) mass is 232 g/mol. The SMILES string of the molecule is CCCC(=O)C(CCC)C(=O)c1ccccc1. The molecule has 1 aromatic carbocycles. The first-order chi connectivity index (χ1) is 8.20. The van der Waals surface area contributed by atoms with Gasteiger partial charge in [0.2, 0.25) is 0 Å². The molecule has 0 aliphatic heterocycles. The average Bonchev–Trinajstić information content (AvgIpc) is 2.36. The van der Waals surface area contributed by atoms with Gasteiger partial charge in [-0.05, 0) is 12.8 Å². The Bertz CT molecular complexity index is 368. The lowest BCUT2D eigenvalue weighted by Gasteiger charge is -2.13. The summed E-state index contributed by atoms with van der Waals surface area (Å²) >= 11 is 0. The van der Waals surface area contributed by atoms with E-state index in [-0.39, 0.29) is 11.6 Å². The van der Waals surface area contributed by atoms with Crippen molar-refractivity contribution in [2.24, 2.45) is 5.92 Å². The molecule has 0 amide bonds. The third-order valence-electron chi connectivity index (χ3n) is 2.84. The number of carbonyl (C=O) groups is 2. The predicted molar refractivity (Wildman–Crippen MR) is 69.1 cm³/mol. The minimum atomic E-state index is -0.442. The molecule has 0 saturated heterocycles. The molecule has 0 fully saturated rings. The van der Waals surface area contributed by atoms with Crippen molar-refractivity contribution in [3.8, 4) is 0 Å². The zero-order valence-corrected chi connectivity index (χ0v) is 10.6. The van der Waals surface area contributed by atoms with Gasteiger partial charge in [0.15, 0.2) is 5.78 Å².